The molecule has 1 aromatic carbocycles. The van der Waals surface area contributed by atoms with Crippen molar-refractivity contribution >= 4 is 12.1 Å². The van der Waals surface area contributed by atoms with Gasteiger partial charge in [0.2, 0.25) is 0 Å². The largest absolute Gasteiger partial charge is 0.509 e. The SMILES string of the molecule is CCOC(=O)OC(CCCCOCc1ccccc1)C(N)=O. The van der Waals surface area contributed by atoms with E-state index in [0.717, 1.165) is 12.0 Å². The van der Waals surface area contributed by atoms with E-state index in [1.54, 1.807) is 6.92 Å². The van der Waals surface area contributed by atoms with Gasteiger partial charge in [-0.2, -0.15) is 0 Å². The molecule has 1 aromatic rings. The maximum Gasteiger partial charge on any atom is 0.509 e. The Balaban J connectivity index is 2.15. The minimum Gasteiger partial charge on any atom is -0.435 e. The number of nitrogens with two attached hydrogens (primary N) is 1. The van der Waals surface area contributed by atoms with Gasteiger partial charge in [-0.15, -0.1) is 0 Å². The number of carbonyl (C=O) groups is 2. The third kappa shape index (κ3) is 7.64. The molecule has 1 atom stereocenters. The van der Waals surface area contributed by atoms with Gasteiger partial charge in [0.15, 0.2) is 6.10 Å². The number of rotatable bonds is 10. The van der Waals surface area contributed by atoms with Crippen molar-refractivity contribution in [2.75, 3.05) is 13.2 Å². The Morgan fingerprint density at radius 1 is 1.18 bits per heavy atom. The lowest BCUT2D eigenvalue weighted by Crippen LogP contribution is -2.33. The Morgan fingerprint density at radius 3 is 2.55 bits per heavy atom. The van der Waals surface area contributed by atoms with Gasteiger partial charge in [-0.25, -0.2) is 4.79 Å². The molecule has 0 saturated heterocycles. The second-order valence-electron chi connectivity index (χ2n) is 4.73. The lowest BCUT2D eigenvalue weighted by molar-refractivity contribution is -0.128. The summed E-state index contributed by atoms with van der Waals surface area (Å²) in [4.78, 5) is 22.4. The van der Waals surface area contributed by atoms with Crippen LogP contribution in [0.5, 0.6) is 0 Å². The van der Waals surface area contributed by atoms with Crippen LogP contribution in [-0.4, -0.2) is 31.4 Å². The number of hydrogen-bond acceptors (Lipinski definition) is 5. The number of carbonyl (C=O) groups excluding carboxylic acids is 2. The van der Waals surface area contributed by atoms with Gasteiger partial charge in [-0.3, -0.25) is 4.79 Å². The van der Waals surface area contributed by atoms with Gasteiger partial charge < -0.3 is 19.9 Å². The standard InChI is InChI=1S/C16H23NO5/c1-2-21-16(19)22-14(15(17)18)10-6-7-11-20-12-13-8-4-3-5-9-13/h3-5,8-9,14H,2,6-7,10-12H2,1H3,(H2,17,18). The summed E-state index contributed by atoms with van der Waals surface area (Å²) < 4.78 is 15.0. The van der Waals surface area contributed by atoms with Gasteiger partial charge in [0.1, 0.15) is 0 Å². The Bertz CT molecular complexity index is 449. The van der Waals surface area contributed by atoms with Crippen LogP contribution in [0.2, 0.25) is 0 Å². The molecular weight excluding hydrogens is 286 g/mol. The van der Waals surface area contributed by atoms with E-state index >= 15 is 0 Å². The minimum absolute atomic E-state index is 0.192. The fourth-order valence-electron chi connectivity index (χ4n) is 1.83. The summed E-state index contributed by atoms with van der Waals surface area (Å²) in [5, 5.41) is 0. The number of hydrogen-bond donors (Lipinski definition) is 1. The molecule has 0 aliphatic rings. The average molecular weight is 309 g/mol. The first-order chi connectivity index (χ1) is 10.6. The molecule has 0 aromatic heterocycles. The van der Waals surface area contributed by atoms with Crippen molar-refractivity contribution in [3.8, 4) is 0 Å². The Hall–Kier alpha value is -2.08. The van der Waals surface area contributed by atoms with Crippen molar-refractivity contribution < 1.29 is 23.8 Å². The van der Waals surface area contributed by atoms with Crippen molar-refractivity contribution in [1.29, 1.82) is 0 Å². The highest BCUT2D eigenvalue weighted by Crippen LogP contribution is 2.07. The first-order valence-electron chi connectivity index (χ1n) is 7.38. The maximum atomic E-state index is 11.2. The predicted molar refractivity (Wildman–Crippen MR) is 81.0 cm³/mol. The van der Waals surface area contributed by atoms with E-state index in [0.29, 0.717) is 26.1 Å². The average Bonchev–Trinajstić information content (AvgIpc) is 2.50. The van der Waals surface area contributed by atoms with Crippen LogP contribution >= 0.6 is 0 Å². The number of benzene rings is 1. The van der Waals surface area contributed by atoms with E-state index in [1.165, 1.54) is 0 Å². The van der Waals surface area contributed by atoms with Crippen LogP contribution in [0.3, 0.4) is 0 Å². The van der Waals surface area contributed by atoms with E-state index in [-0.39, 0.29) is 6.61 Å². The van der Waals surface area contributed by atoms with Crippen LogP contribution in [0.25, 0.3) is 0 Å². The van der Waals surface area contributed by atoms with Gasteiger partial charge >= 0.3 is 6.16 Å². The van der Waals surface area contributed by atoms with Crippen molar-refractivity contribution in [2.45, 2.75) is 38.9 Å². The molecule has 0 aliphatic carbocycles. The molecule has 0 spiro atoms. The van der Waals surface area contributed by atoms with E-state index in [4.69, 9.17) is 15.2 Å². The van der Waals surface area contributed by atoms with Crippen LogP contribution in [0.1, 0.15) is 31.7 Å². The minimum atomic E-state index is -0.951. The molecule has 0 radical (unpaired) electrons. The molecule has 6 heteroatoms. The van der Waals surface area contributed by atoms with Crippen LogP contribution < -0.4 is 5.73 Å². The second kappa shape index (κ2) is 10.6. The third-order valence-electron chi connectivity index (χ3n) is 2.93. The van der Waals surface area contributed by atoms with Crippen LogP contribution in [0.15, 0.2) is 30.3 Å². The van der Waals surface area contributed by atoms with Gasteiger partial charge in [0.25, 0.3) is 5.91 Å². The quantitative estimate of drug-likeness (QED) is 0.529. The lowest BCUT2D eigenvalue weighted by Gasteiger charge is -2.14. The molecule has 0 saturated carbocycles. The monoisotopic (exact) mass is 309 g/mol. The van der Waals surface area contributed by atoms with Crippen molar-refractivity contribution in [3.63, 3.8) is 0 Å². The molecule has 1 amide bonds. The van der Waals surface area contributed by atoms with Crippen LogP contribution in [0, 0.1) is 0 Å². The lowest BCUT2D eigenvalue weighted by atomic mass is 10.1. The van der Waals surface area contributed by atoms with E-state index < -0.39 is 18.2 Å². The molecule has 1 rings (SSSR count). The van der Waals surface area contributed by atoms with E-state index in [2.05, 4.69) is 4.74 Å². The third-order valence-corrected chi connectivity index (χ3v) is 2.93. The number of ether oxygens (including phenoxy) is 3. The molecule has 0 fully saturated rings. The first kappa shape index (κ1) is 18.0. The van der Waals surface area contributed by atoms with Gasteiger partial charge in [-0.1, -0.05) is 30.3 Å². The summed E-state index contributed by atoms with van der Waals surface area (Å²) in [5.41, 5.74) is 6.31. The molecule has 22 heavy (non-hydrogen) atoms. The Labute approximate surface area is 130 Å². The Kier molecular flexibility index (Phi) is 8.67. The fourth-order valence-corrected chi connectivity index (χ4v) is 1.83. The van der Waals surface area contributed by atoms with E-state index in [9.17, 15) is 9.59 Å². The molecule has 1 unspecified atom stereocenters. The normalized spacial score (nSPS) is 11.7. The highest BCUT2D eigenvalue weighted by molar-refractivity contribution is 5.80. The topological polar surface area (TPSA) is 87.8 Å². The fraction of sp³-hybridized carbons (Fsp3) is 0.500. The molecule has 0 bridgehead atoms. The van der Waals surface area contributed by atoms with Crippen LogP contribution in [-0.2, 0) is 25.6 Å². The highest BCUT2D eigenvalue weighted by Gasteiger charge is 2.20. The van der Waals surface area contributed by atoms with Gasteiger partial charge in [0.05, 0.1) is 13.2 Å². The van der Waals surface area contributed by atoms with Crippen molar-refractivity contribution in [1.82, 2.24) is 0 Å². The maximum absolute atomic E-state index is 11.2. The molecule has 6 nitrogen and oxygen atoms in total. The summed E-state index contributed by atoms with van der Waals surface area (Å²) in [5.74, 6) is -0.668. The smallest absolute Gasteiger partial charge is 0.435 e. The summed E-state index contributed by atoms with van der Waals surface area (Å²) in [6, 6.07) is 9.87. The van der Waals surface area contributed by atoms with Crippen molar-refractivity contribution in [3.05, 3.63) is 35.9 Å². The Morgan fingerprint density at radius 2 is 1.91 bits per heavy atom. The molecular formula is C16H23NO5. The second-order valence-corrected chi connectivity index (χ2v) is 4.73. The van der Waals surface area contributed by atoms with Crippen molar-refractivity contribution in [2.24, 2.45) is 5.73 Å². The van der Waals surface area contributed by atoms with Crippen LogP contribution in [0.4, 0.5) is 4.79 Å². The predicted octanol–water partition coefficient (Wildman–Crippen LogP) is 2.40. The number of unbranched alkanes of at least 4 members (excludes halogenated alkanes) is 1. The van der Waals surface area contributed by atoms with E-state index in [1.807, 2.05) is 30.3 Å². The molecule has 122 valence electrons. The van der Waals surface area contributed by atoms with Gasteiger partial charge in [0, 0.05) is 6.61 Å². The zero-order chi connectivity index (χ0) is 16.2. The highest BCUT2D eigenvalue weighted by atomic mass is 16.7. The summed E-state index contributed by atoms with van der Waals surface area (Å²) in [6.07, 6.45) is -0.0345. The molecule has 0 heterocycles. The molecule has 0 aliphatic heterocycles. The summed E-state index contributed by atoms with van der Waals surface area (Å²) in [7, 11) is 0. The number of primary amides is 1. The summed E-state index contributed by atoms with van der Waals surface area (Å²) >= 11 is 0. The summed E-state index contributed by atoms with van der Waals surface area (Å²) in [6.45, 7) is 2.97. The number of amides is 1. The first-order valence-corrected chi connectivity index (χ1v) is 7.38. The zero-order valence-electron chi connectivity index (χ0n) is 12.8. The molecule has 2 N–H and O–H groups in total. The zero-order valence-corrected chi connectivity index (χ0v) is 12.8. The van der Waals surface area contributed by atoms with Gasteiger partial charge in [-0.05, 0) is 31.7 Å².